The van der Waals surface area contributed by atoms with E-state index in [1.54, 1.807) is 20.8 Å². The van der Waals surface area contributed by atoms with E-state index < -0.39 is 48.2 Å². The number of benzene rings is 4. The quantitative estimate of drug-likeness (QED) is 0.0460. The highest BCUT2D eigenvalue weighted by atomic mass is 32.2. The molecule has 5 rings (SSSR count). The van der Waals surface area contributed by atoms with Gasteiger partial charge in [-0.25, -0.2) is 4.43 Å². The Morgan fingerprint density at radius 2 is 1.28 bits per heavy atom. The fourth-order valence-electron chi connectivity index (χ4n) is 6.65. The van der Waals surface area contributed by atoms with E-state index in [1.807, 2.05) is 111 Å². The average Bonchev–Trinajstić information content (AvgIpc) is 3.48. The lowest BCUT2D eigenvalue weighted by molar-refractivity contribution is -0.159. The molecule has 4 aromatic rings. The van der Waals surface area contributed by atoms with E-state index in [0.29, 0.717) is 32.5 Å². The zero-order valence-corrected chi connectivity index (χ0v) is 35.7. The summed E-state index contributed by atoms with van der Waals surface area (Å²) in [6, 6.07) is 39.3. The Morgan fingerprint density at radius 1 is 0.772 bits per heavy atom. The van der Waals surface area contributed by atoms with Crippen molar-refractivity contribution in [1.82, 2.24) is 9.80 Å². The molecule has 304 valence electrons. The molecule has 1 fully saturated rings. The van der Waals surface area contributed by atoms with E-state index in [1.165, 1.54) is 4.90 Å². The van der Waals surface area contributed by atoms with Crippen LogP contribution in [0, 0.1) is 5.41 Å². The molecule has 0 saturated carbocycles. The SMILES string of the molecule is CC(C)(CCO[Si+](c1ccccc1)c1ccccc1)COS(=O)(=O)CCOC[C@@H]1C[C@H](N(Cc2ccccc2)Cc2ccccc2)C(=O)N1CC(=O)OC(C)(C)C. The van der Waals surface area contributed by atoms with Gasteiger partial charge in [0.25, 0.3) is 10.1 Å². The first-order valence-corrected chi connectivity index (χ1v) is 22.6. The first-order chi connectivity index (χ1) is 27.2. The van der Waals surface area contributed by atoms with E-state index in [2.05, 4.69) is 29.2 Å². The van der Waals surface area contributed by atoms with Gasteiger partial charge in [0.2, 0.25) is 5.91 Å². The van der Waals surface area contributed by atoms with Gasteiger partial charge in [0.1, 0.15) is 22.5 Å². The summed E-state index contributed by atoms with van der Waals surface area (Å²) in [5.74, 6) is -1.05. The monoisotopic (exact) mass is 813 g/mol. The van der Waals surface area contributed by atoms with Crippen LogP contribution in [0.3, 0.4) is 0 Å². The molecule has 1 aliphatic heterocycles. The fraction of sp³-hybridized carbons (Fsp3) is 0.422. The first kappa shape index (κ1) is 43.9. The smallest absolute Gasteiger partial charge is 0.459 e. The molecule has 2 atom stereocenters. The lowest BCUT2D eigenvalue weighted by atomic mass is 9.91. The lowest BCUT2D eigenvalue weighted by Gasteiger charge is -2.28. The maximum atomic E-state index is 14.2. The number of rotatable bonds is 21. The molecule has 1 amide bonds. The van der Waals surface area contributed by atoms with Crippen molar-refractivity contribution in [3.63, 3.8) is 0 Å². The van der Waals surface area contributed by atoms with Crippen LogP contribution in [-0.4, -0.2) is 95.5 Å². The van der Waals surface area contributed by atoms with Gasteiger partial charge < -0.3 is 14.4 Å². The van der Waals surface area contributed by atoms with Gasteiger partial charge in [0, 0.05) is 13.1 Å². The number of esters is 1. The van der Waals surface area contributed by atoms with E-state index in [-0.39, 0.29) is 38.0 Å². The normalized spacial score (nSPS) is 16.2. The number of ether oxygens (including phenoxy) is 2. The van der Waals surface area contributed by atoms with E-state index in [4.69, 9.17) is 18.1 Å². The zero-order valence-electron chi connectivity index (χ0n) is 33.8. The molecular weight excluding hydrogens is 757 g/mol. The van der Waals surface area contributed by atoms with E-state index in [9.17, 15) is 18.0 Å². The number of nitrogens with zero attached hydrogens (tertiary/aromatic N) is 2. The van der Waals surface area contributed by atoms with Gasteiger partial charge in [-0.2, -0.15) is 8.42 Å². The maximum Gasteiger partial charge on any atom is 0.551 e. The Kier molecular flexibility index (Phi) is 15.8. The summed E-state index contributed by atoms with van der Waals surface area (Å²) < 4.78 is 49.6. The van der Waals surface area contributed by atoms with Crippen molar-refractivity contribution in [3.05, 3.63) is 132 Å². The van der Waals surface area contributed by atoms with Crippen molar-refractivity contribution in [1.29, 1.82) is 0 Å². The molecule has 10 nitrogen and oxygen atoms in total. The number of hydrogen-bond donors (Lipinski definition) is 0. The van der Waals surface area contributed by atoms with Crippen molar-refractivity contribution >= 4 is 41.4 Å². The molecule has 0 unspecified atom stereocenters. The minimum Gasteiger partial charge on any atom is -0.459 e. The van der Waals surface area contributed by atoms with Gasteiger partial charge >= 0.3 is 15.0 Å². The third-order valence-corrected chi connectivity index (χ3v) is 13.0. The summed E-state index contributed by atoms with van der Waals surface area (Å²) in [7, 11) is -5.39. The summed E-state index contributed by atoms with van der Waals surface area (Å²) in [4.78, 5) is 30.9. The van der Waals surface area contributed by atoms with Crippen LogP contribution in [0.4, 0.5) is 0 Å². The fourth-order valence-corrected chi connectivity index (χ4v) is 9.56. The van der Waals surface area contributed by atoms with Crippen LogP contribution in [0.1, 0.15) is 58.6 Å². The second kappa shape index (κ2) is 20.5. The Balaban J connectivity index is 1.16. The summed E-state index contributed by atoms with van der Waals surface area (Å²) in [5, 5.41) is 2.29. The van der Waals surface area contributed by atoms with Crippen molar-refractivity contribution < 1.29 is 36.1 Å². The Bertz CT molecular complexity index is 1860. The van der Waals surface area contributed by atoms with Crippen LogP contribution < -0.4 is 10.4 Å². The van der Waals surface area contributed by atoms with Crippen molar-refractivity contribution in [2.24, 2.45) is 5.41 Å². The van der Waals surface area contributed by atoms with Crippen molar-refractivity contribution in [3.8, 4) is 0 Å². The molecule has 0 N–H and O–H groups in total. The van der Waals surface area contributed by atoms with Gasteiger partial charge in [-0.15, -0.1) is 0 Å². The Labute approximate surface area is 340 Å². The minimum absolute atomic E-state index is 0.00141. The molecule has 57 heavy (non-hydrogen) atoms. The first-order valence-electron chi connectivity index (χ1n) is 19.6. The molecule has 4 aromatic carbocycles. The number of likely N-dealkylation sites (tertiary alicyclic amines) is 1. The summed E-state index contributed by atoms with van der Waals surface area (Å²) >= 11 is 0. The van der Waals surface area contributed by atoms with Gasteiger partial charge in [-0.05, 0) is 74.4 Å². The molecule has 12 heteroatoms. The molecule has 1 aliphatic rings. The molecular formula is C45H57N2O8SSi+. The van der Waals surface area contributed by atoms with Gasteiger partial charge in [0.05, 0.1) is 44.3 Å². The highest BCUT2D eigenvalue weighted by Crippen LogP contribution is 2.28. The maximum absolute atomic E-state index is 14.2. The summed E-state index contributed by atoms with van der Waals surface area (Å²) in [6.45, 7) is 10.5. The van der Waals surface area contributed by atoms with Crippen LogP contribution in [0.2, 0.25) is 0 Å². The number of carbonyl (C=O) groups excluding carboxylic acids is 2. The highest BCUT2D eigenvalue weighted by Gasteiger charge is 2.44. The van der Waals surface area contributed by atoms with Gasteiger partial charge in [-0.1, -0.05) is 111 Å². The average molecular weight is 814 g/mol. The molecule has 1 heterocycles. The third kappa shape index (κ3) is 14.3. The van der Waals surface area contributed by atoms with Crippen molar-refractivity contribution in [2.45, 2.75) is 78.2 Å². The van der Waals surface area contributed by atoms with Gasteiger partial charge in [-0.3, -0.25) is 18.7 Å². The van der Waals surface area contributed by atoms with Crippen LogP contribution in [0.5, 0.6) is 0 Å². The number of hydrogen-bond acceptors (Lipinski definition) is 9. The predicted octanol–water partition coefficient (Wildman–Crippen LogP) is 5.60. The summed E-state index contributed by atoms with van der Waals surface area (Å²) in [6.07, 6.45) is 1.00. The molecule has 0 aliphatic carbocycles. The predicted molar refractivity (Wildman–Crippen MR) is 225 cm³/mol. The van der Waals surface area contributed by atoms with Crippen LogP contribution in [0.15, 0.2) is 121 Å². The second-order valence-electron chi connectivity index (χ2n) is 16.3. The number of amides is 1. The van der Waals surface area contributed by atoms with Crippen molar-refractivity contribution in [2.75, 3.05) is 38.7 Å². The minimum atomic E-state index is -3.92. The van der Waals surface area contributed by atoms with Crippen LogP contribution in [0.25, 0.3) is 0 Å². The van der Waals surface area contributed by atoms with Crippen LogP contribution in [-0.2, 0) is 50.9 Å². The highest BCUT2D eigenvalue weighted by molar-refractivity contribution is 7.86. The molecule has 1 saturated heterocycles. The topological polar surface area (TPSA) is 112 Å². The largest absolute Gasteiger partial charge is 0.551 e. The molecule has 0 bridgehead atoms. The molecule has 0 radical (unpaired) electrons. The second-order valence-corrected chi connectivity index (χ2v) is 20.1. The standard InChI is InChI=1S/C45H57N2O8SSi/c1-44(2,3)55-42(48)33-47-38(30-41(43(47)49)46(31-36-18-10-6-11-19-36)32-37-20-12-7-13-21-37)34-52-28-29-56(50,51)53-35-45(4,5)26-27-54-57(39-22-14-8-15-23-39)40-24-16-9-17-25-40/h6-25,38,41H,26-35H2,1-5H3/q+1/t38-,41-/m0/s1. The zero-order chi connectivity index (χ0) is 40.9. The molecule has 0 spiro atoms. The Hall–Kier alpha value is -4.17. The van der Waals surface area contributed by atoms with Crippen LogP contribution >= 0.6 is 0 Å². The number of carbonyl (C=O) groups is 2. The summed E-state index contributed by atoms with van der Waals surface area (Å²) in [5.41, 5.74) is 0.930. The third-order valence-electron chi connectivity index (χ3n) is 9.64. The molecule has 0 aromatic heterocycles. The lowest BCUT2D eigenvalue weighted by Crippen LogP contribution is -2.45. The van der Waals surface area contributed by atoms with Gasteiger partial charge in [0.15, 0.2) is 0 Å². The van der Waals surface area contributed by atoms with E-state index in [0.717, 1.165) is 21.5 Å². The Morgan fingerprint density at radius 3 is 1.79 bits per heavy atom. The van der Waals surface area contributed by atoms with E-state index >= 15 is 0 Å².